The van der Waals surface area contributed by atoms with Gasteiger partial charge in [0.1, 0.15) is 0 Å². The Morgan fingerprint density at radius 3 is 2.50 bits per heavy atom. The summed E-state index contributed by atoms with van der Waals surface area (Å²) < 4.78 is 5.10. The van der Waals surface area contributed by atoms with Gasteiger partial charge in [-0.1, -0.05) is 6.92 Å². The van der Waals surface area contributed by atoms with Gasteiger partial charge in [-0.25, -0.2) is 0 Å². The quantitative estimate of drug-likeness (QED) is 0.818. The van der Waals surface area contributed by atoms with Gasteiger partial charge in [0.25, 0.3) is 0 Å². The molecule has 6 nitrogen and oxygen atoms in total. The van der Waals surface area contributed by atoms with Crippen LogP contribution in [-0.2, 0) is 6.54 Å². The highest BCUT2D eigenvalue weighted by Gasteiger charge is 2.07. The van der Waals surface area contributed by atoms with Gasteiger partial charge in [0.05, 0.1) is 7.11 Å². The van der Waals surface area contributed by atoms with Gasteiger partial charge >= 0.3 is 6.01 Å². The van der Waals surface area contributed by atoms with Crippen LogP contribution in [-0.4, -0.2) is 28.6 Å². The van der Waals surface area contributed by atoms with Crippen molar-refractivity contribution in [2.75, 3.05) is 24.3 Å². The van der Waals surface area contributed by atoms with Crippen molar-refractivity contribution in [3.8, 4) is 6.01 Å². The SMILES string of the molecule is CCCNc1nc(NCc2cscc2C)nc(OC)n1. The van der Waals surface area contributed by atoms with E-state index in [1.807, 2.05) is 0 Å². The van der Waals surface area contributed by atoms with Crippen molar-refractivity contribution in [3.05, 3.63) is 21.9 Å². The molecule has 0 aliphatic rings. The number of aryl methyl sites for hydroxylation is 1. The van der Waals surface area contributed by atoms with Crippen LogP contribution in [0.5, 0.6) is 6.01 Å². The van der Waals surface area contributed by atoms with Crippen LogP contribution in [0, 0.1) is 6.92 Å². The van der Waals surface area contributed by atoms with E-state index in [-0.39, 0.29) is 0 Å². The number of anilines is 2. The molecule has 0 unspecified atom stereocenters. The van der Waals surface area contributed by atoms with E-state index in [0.29, 0.717) is 24.5 Å². The minimum absolute atomic E-state index is 0.308. The maximum Gasteiger partial charge on any atom is 0.322 e. The highest BCUT2D eigenvalue weighted by molar-refractivity contribution is 7.08. The van der Waals surface area contributed by atoms with Crippen LogP contribution < -0.4 is 15.4 Å². The van der Waals surface area contributed by atoms with Crippen molar-refractivity contribution in [2.24, 2.45) is 0 Å². The molecule has 0 aliphatic heterocycles. The van der Waals surface area contributed by atoms with Crippen molar-refractivity contribution in [3.63, 3.8) is 0 Å². The Hall–Kier alpha value is -1.89. The third-order valence-corrected chi connectivity index (χ3v) is 3.64. The maximum absolute atomic E-state index is 5.10. The summed E-state index contributed by atoms with van der Waals surface area (Å²) >= 11 is 1.69. The monoisotopic (exact) mass is 293 g/mol. The largest absolute Gasteiger partial charge is 0.467 e. The molecule has 108 valence electrons. The second-order valence-corrected chi connectivity index (χ2v) is 5.07. The molecule has 2 rings (SSSR count). The minimum atomic E-state index is 0.308. The van der Waals surface area contributed by atoms with E-state index >= 15 is 0 Å². The van der Waals surface area contributed by atoms with Crippen LogP contribution in [0.2, 0.25) is 0 Å². The second-order valence-electron chi connectivity index (χ2n) is 4.33. The topological polar surface area (TPSA) is 72.0 Å². The summed E-state index contributed by atoms with van der Waals surface area (Å²) in [5.74, 6) is 1.05. The lowest BCUT2D eigenvalue weighted by Gasteiger charge is -2.09. The van der Waals surface area contributed by atoms with Gasteiger partial charge in [-0.2, -0.15) is 26.3 Å². The molecular formula is C13H19N5OS. The molecule has 0 spiro atoms. The molecule has 2 heterocycles. The number of ether oxygens (including phenoxy) is 1. The van der Waals surface area contributed by atoms with E-state index in [1.54, 1.807) is 18.4 Å². The molecule has 7 heteroatoms. The Kier molecular flexibility index (Phi) is 5.11. The number of aromatic nitrogens is 3. The molecular weight excluding hydrogens is 274 g/mol. The fourth-order valence-electron chi connectivity index (χ4n) is 1.58. The lowest BCUT2D eigenvalue weighted by atomic mass is 10.2. The summed E-state index contributed by atoms with van der Waals surface area (Å²) in [6.07, 6.45) is 1.00. The molecule has 2 aromatic rings. The Balaban J connectivity index is 2.07. The standard InChI is InChI=1S/C13H19N5OS/c1-4-5-14-11-16-12(18-13(17-11)19-3)15-6-10-8-20-7-9(10)2/h7-8H,4-6H2,1-3H3,(H2,14,15,16,17,18). The van der Waals surface area contributed by atoms with E-state index in [2.05, 4.69) is 50.2 Å². The van der Waals surface area contributed by atoms with Crippen LogP contribution in [0.15, 0.2) is 10.8 Å². The average molecular weight is 293 g/mol. The molecule has 2 aromatic heterocycles. The van der Waals surface area contributed by atoms with Crippen molar-refractivity contribution in [2.45, 2.75) is 26.8 Å². The van der Waals surface area contributed by atoms with Crippen molar-refractivity contribution >= 4 is 23.2 Å². The Bertz CT molecular complexity index is 557. The van der Waals surface area contributed by atoms with Crippen LogP contribution in [0.1, 0.15) is 24.5 Å². The number of methoxy groups -OCH3 is 1. The van der Waals surface area contributed by atoms with Gasteiger partial charge in [0.15, 0.2) is 0 Å². The Morgan fingerprint density at radius 1 is 1.15 bits per heavy atom. The van der Waals surface area contributed by atoms with E-state index < -0.39 is 0 Å². The third kappa shape index (κ3) is 3.80. The first-order valence-corrected chi connectivity index (χ1v) is 7.46. The fourth-order valence-corrected chi connectivity index (χ4v) is 2.44. The number of thiophene rings is 1. The normalized spacial score (nSPS) is 10.3. The lowest BCUT2D eigenvalue weighted by molar-refractivity contribution is 0.379. The van der Waals surface area contributed by atoms with E-state index in [4.69, 9.17) is 4.74 Å². The first kappa shape index (κ1) is 14.5. The summed E-state index contributed by atoms with van der Waals surface area (Å²) in [5.41, 5.74) is 2.52. The Morgan fingerprint density at radius 2 is 1.90 bits per heavy atom. The maximum atomic E-state index is 5.10. The Labute approximate surface area is 122 Å². The molecule has 0 radical (unpaired) electrons. The molecule has 0 atom stereocenters. The second kappa shape index (κ2) is 7.04. The smallest absolute Gasteiger partial charge is 0.322 e. The molecule has 20 heavy (non-hydrogen) atoms. The van der Waals surface area contributed by atoms with Gasteiger partial charge in [-0.05, 0) is 35.2 Å². The number of hydrogen-bond acceptors (Lipinski definition) is 7. The molecule has 0 saturated carbocycles. The van der Waals surface area contributed by atoms with Gasteiger partial charge in [-0.3, -0.25) is 0 Å². The summed E-state index contributed by atoms with van der Waals surface area (Å²) in [5, 5.41) is 10.6. The molecule has 0 aliphatic carbocycles. The predicted octanol–water partition coefficient (Wildman–Crippen LogP) is 2.68. The summed E-state index contributed by atoms with van der Waals surface area (Å²) in [6, 6.07) is 0.308. The number of nitrogens with zero attached hydrogens (tertiary/aromatic N) is 3. The molecule has 2 N–H and O–H groups in total. The van der Waals surface area contributed by atoms with E-state index in [0.717, 1.165) is 13.0 Å². The van der Waals surface area contributed by atoms with Crippen LogP contribution in [0.25, 0.3) is 0 Å². The van der Waals surface area contributed by atoms with Gasteiger partial charge in [-0.15, -0.1) is 0 Å². The zero-order valence-corrected chi connectivity index (χ0v) is 12.8. The van der Waals surface area contributed by atoms with Gasteiger partial charge < -0.3 is 15.4 Å². The van der Waals surface area contributed by atoms with Crippen molar-refractivity contribution < 1.29 is 4.74 Å². The minimum Gasteiger partial charge on any atom is -0.467 e. The molecule has 0 amide bonds. The van der Waals surface area contributed by atoms with Crippen molar-refractivity contribution in [1.82, 2.24) is 15.0 Å². The van der Waals surface area contributed by atoms with Gasteiger partial charge in [0.2, 0.25) is 11.9 Å². The van der Waals surface area contributed by atoms with E-state index in [1.165, 1.54) is 11.1 Å². The molecule has 0 fully saturated rings. The lowest BCUT2D eigenvalue weighted by Crippen LogP contribution is -2.10. The highest BCUT2D eigenvalue weighted by atomic mass is 32.1. The highest BCUT2D eigenvalue weighted by Crippen LogP contribution is 2.16. The van der Waals surface area contributed by atoms with Gasteiger partial charge in [0, 0.05) is 13.1 Å². The number of nitrogens with one attached hydrogen (secondary N) is 2. The summed E-state index contributed by atoms with van der Waals surface area (Å²) in [4.78, 5) is 12.7. The van der Waals surface area contributed by atoms with Crippen LogP contribution in [0.4, 0.5) is 11.9 Å². The molecule has 0 aromatic carbocycles. The first-order chi connectivity index (χ1) is 9.72. The van der Waals surface area contributed by atoms with E-state index in [9.17, 15) is 0 Å². The first-order valence-electron chi connectivity index (χ1n) is 6.52. The zero-order chi connectivity index (χ0) is 14.4. The average Bonchev–Trinajstić information content (AvgIpc) is 2.88. The molecule has 0 saturated heterocycles. The summed E-state index contributed by atoms with van der Waals surface area (Å²) in [7, 11) is 1.55. The molecule has 0 bridgehead atoms. The summed E-state index contributed by atoms with van der Waals surface area (Å²) in [6.45, 7) is 5.69. The van der Waals surface area contributed by atoms with Crippen LogP contribution >= 0.6 is 11.3 Å². The third-order valence-electron chi connectivity index (χ3n) is 2.73. The predicted molar refractivity (Wildman–Crippen MR) is 81.5 cm³/mol. The van der Waals surface area contributed by atoms with Crippen LogP contribution in [0.3, 0.4) is 0 Å². The number of rotatable bonds is 7. The van der Waals surface area contributed by atoms with Crippen molar-refractivity contribution in [1.29, 1.82) is 0 Å². The number of hydrogen-bond donors (Lipinski definition) is 2. The zero-order valence-electron chi connectivity index (χ0n) is 11.9. The fraction of sp³-hybridized carbons (Fsp3) is 0.462.